The van der Waals surface area contributed by atoms with Gasteiger partial charge >= 0.3 is 0 Å². The van der Waals surface area contributed by atoms with E-state index in [0.717, 1.165) is 49.6 Å². The summed E-state index contributed by atoms with van der Waals surface area (Å²) in [6.45, 7) is 3.42. The van der Waals surface area contributed by atoms with Crippen molar-refractivity contribution in [2.75, 3.05) is 33.3 Å². The summed E-state index contributed by atoms with van der Waals surface area (Å²) in [6, 6.07) is 11.8. The van der Waals surface area contributed by atoms with E-state index < -0.39 is 0 Å². The van der Waals surface area contributed by atoms with Gasteiger partial charge in [0.25, 0.3) is 5.91 Å². The zero-order chi connectivity index (χ0) is 20.5. The number of nitrogens with zero attached hydrogens (tertiary/aromatic N) is 4. The van der Waals surface area contributed by atoms with Crippen molar-refractivity contribution in [1.82, 2.24) is 24.8 Å². The van der Waals surface area contributed by atoms with E-state index in [0.29, 0.717) is 24.6 Å². The fraction of sp³-hybridized carbons (Fsp3) is 0.435. The first-order chi connectivity index (χ1) is 14.7. The molecule has 7 heteroatoms. The summed E-state index contributed by atoms with van der Waals surface area (Å²) in [4.78, 5) is 19.8. The zero-order valence-corrected chi connectivity index (χ0v) is 17.3. The Hall–Kier alpha value is -2.93. The number of piperidine rings is 1. The van der Waals surface area contributed by atoms with E-state index in [4.69, 9.17) is 9.72 Å². The standard InChI is InChI=1S/C23H27N5O2/c1-27-11-8-16(9-12-27)22-25-21-7-6-18(15-28(21)26-22)23(29)24-14-17-10-13-30-20-5-3-2-4-19(17)20/h2-7,15-17H,8-14H2,1H3,(H,24,29). The average molecular weight is 406 g/mol. The molecule has 156 valence electrons. The van der Waals surface area contributed by atoms with Gasteiger partial charge in [0.2, 0.25) is 0 Å². The summed E-state index contributed by atoms with van der Waals surface area (Å²) < 4.78 is 7.46. The lowest BCUT2D eigenvalue weighted by molar-refractivity contribution is 0.0947. The molecule has 1 aromatic carbocycles. The molecule has 2 aromatic heterocycles. The van der Waals surface area contributed by atoms with Crippen molar-refractivity contribution < 1.29 is 9.53 Å². The Morgan fingerprint density at radius 3 is 2.87 bits per heavy atom. The Bertz CT molecular complexity index is 1050. The van der Waals surface area contributed by atoms with Gasteiger partial charge in [-0.1, -0.05) is 18.2 Å². The van der Waals surface area contributed by atoms with Gasteiger partial charge in [-0.05, 0) is 63.2 Å². The molecule has 1 saturated heterocycles. The van der Waals surface area contributed by atoms with Crippen molar-refractivity contribution in [3.05, 3.63) is 59.5 Å². The van der Waals surface area contributed by atoms with Crippen molar-refractivity contribution in [3.63, 3.8) is 0 Å². The van der Waals surface area contributed by atoms with Crippen LogP contribution in [0.1, 0.15) is 52.8 Å². The second-order valence-electron chi connectivity index (χ2n) is 8.35. The number of hydrogen-bond donors (Lipinski definition) is 1. The molecular formula is C23H27N5O2. The molecule has 3 aromatic rings. The van der Waals surface area contributed by atoms with Crippen LogP contribution in [0.5, 0.6) is 5.75 Å². The number of fused-ring (bicyclic) bond motifs is 2. The number of para-hydroxylation sites is 1. The lowest BCUT2D eigenvalue weighted by Gasteiger charge is -2.26. The van der Waals surface area contributed by atoms with Crippen molar-refractivity contribution >= 4 is 11.6 Å². The number of aromatic nitrogens is 3. The average Bonchev–Trinajstić information content (AvgIpc) is 3.21. The van der Waals surface area contributed by atoms with E-state index in [1.807, 2.05) is 30.3 Å². The lowest BCUT2D eigenvalue weighted by Crippen LogP contribution is -2.30. The van der Waals surface area contributed by atoms with Crippen molar-refractivity contribution in [3.8, 4) is 5.75 Å². The Balaban J connectivity index is 1.27. The van der Waals surface area contributed by atoms with Gasteiger partial charge in [-0.2, -0.15) is 5.10 Å². The van der Waals surface area contributed by atoms with Gasteiger partial charge in [0.1, 0.15) is 5.75 Å². The van der Waals surface area contributed by atoms with Crippen LogP contribution >= 0.6 is 0 Å². The number of hydrogen-bond acceptors (Lipinski definition) is 5. The topological polar surface area (TPSA) is 71.8 Å². The predicted molar refractivity (Wildman–Crippen MR) is 114 cm³/mol. The molecule has 0 aliphatic carbocycles. The molecule has 1 unspecified atom stereocenters. The molecule has 4 heterocycles. The summed E-state index contributed by atoms with van der Waals surface area (Å²) >= 11 is 0. The highest BCUT2D eigenvalue weighted by atomic mass is 16.5. The number of nitrogens with one attached hydrogen (secondary N) is 1. The third-order valence-corrected chi connectivity index (χ3v) is 6.28. The maximum absolute atomic E-state index is 12.8. The zero-order valence-electron chi connectivity index (χ0n) is 17.3. The largest absolute Gasteiger partial charge is 0.493 e. The van der Waals surface area contributed by atoms with E-state index in [9.17, 15) is 4.79 Å². The summed E-state index contributed by atoms with van der Waals surface area (Å²) in [7, 11) is 2.15. The maximum atomic E-state index is 12.8. The summed E-state index contributed by atoms with van der Waals surface area (Å²) in [5.74, 6) is 2.39. The van der Waals surface area contributed by atoms with Crippen molar-refractivity contribution in [2.24, 2.45) is 0 Å². The first kappa shape index (κ1) is 19.1. The normalized spacial score (nSPS) is 20.0. The Morgan fingerprint density at radius 1 is 1.17 bits per heavy atom. The highest BCUT2D eigenvalue weighted by Gasteiger charge is 2.23. The SMILES string of the molecule is CN1CCC(c2nc3ccc(C(=O)NCC4CCOc5ccccc54)cn3n2)CC1. The number of likely N-dealkylation sites (tertiary alicyclic amines) is 1. The molecule has 5 rings (SSSR count). The molecule has 1 N–H and O–H groups in total. The van der Waals surface area contributed by atoms with Crippen LogP contribution in [0.3, 0.4) is 0 Å². The minimum atomic E-state index is -0.0859. The molecule has 1 amide bonds. The van der Waals surface area contributed by atoms with Gasteiger partial charge in [0, 0.05) is 24.6 Å². The van der Waals surface area contributed by atoms with Crippen LogP contribution < -0.4 is 10.1 Å². The number of ether oxygens (including phenoxy) is 1. The molecule has 0 spiro atoms. The van der Waals surface area contributed by atoms with Crippen LogP contribution in [0.4, 0.5) is 0 Å². The van der Waals surface area contributed by atoms with E-state index >= 15 is 0 Å². The first-order valence-electron chi connectivity index (χ1n) is 10.7. The van der Waals surface area contributed by atoms with Gasteiger partial charge in [-0.25, -0.2) is 9.50 Å². The number of rotatable bonds is 4. The molecule has 2 aliphatic rings. The van der Waals surface area contributed by atoms with Gasteiger partial charge in [0.05, 0.1) is 12.2 Å². The fourth-order valence-electron chi connectivity index (χ4n) is 4.42. The van der Waals surface area contributed by atoms with E-state index in [1.54, 1.807) is 10.7 Å². The number of amides is 1. The first-order valence-corrected chi connectivity index (χ1v) is 10.7. The van der Waals surface area contributed by atoms with Gasteiger partial charge in [-0.15, -0.1) is 0 Å². The smallest absolute Gasteiger partial charge is 0.252 e. The van der Waals surface area contributed by atoms with Crippen LogP contribution in [0, 0.1) is 0 Å². The maximum Gasteiger partial charge on any atom is 0.252 e. The molecular weight excluding hydrogens is 378 g/mol. The van der Waals surface area contributed by atoms with Crippen LogP contribution in [0.25, 0.3) is 5.65 Å². The number of benzene rings is 1. The van der Waals surface area contributed by atoms with Crippen molar-refractivity contribution in [2.45, 2.75) is 31.1 Å². The third kappa shape index (κ3) is 3.77. The molecule has 0 bridgehead atoms. The van der Waals surface area contributed by atoms with Gasteiger partial charge in [0.15, 0.2) is 11.5 Å². The number of pyridine rings is 1. The Kier molecular flexibility index (Phi) is 5.12. The molecule has 7 nitrogen and oxygen atoms in total. The monoisotopic (exact) mass is 405 g/mol. The number of carbonyl (C=O) groups excluding carboxylic acids is 1. The predicted octanol–water partition coefficient (Wildman–Crippen LogP) is 2.83. The van der Waals surface area contributed by atoms with Crippen molar-refractivity contribution in [1.29, 1.82) is 0 Å². The number of carbonyl (C=O) groups is 1. The fourth-order valence-corrected chi connectivity index (χ4v) is 4.42. The third-order valence-electron chi connectivity index (χ3n) is 6.28. The highest BCUT2D eigenvalue weighted by molar-refractivity contribution is 5.94. The Labute approximate surface area is 176 Å². The van der Waals surface area contributed by atoms with Crippen LogP contribution in [-0.2, 0) is 0 Å². The quantitative estimate of drug-likeness (QED) is 0.723. The van der Waals surface area contributed by atoms with Crippen LogP contribution in [0.15, 0.2) is 42.6 Å². The van der Waals surface area contributed by atoms with E-state index in [2.05, 4.69) is 28.4 Å². The summed E-state index contributed by atoms with van der Waals surface area (Å²) in [6.07, 6.45) is 4.84. The highest BCUT2D eigenvalue weighted by Crippen LogP contribution is 2.32. The second-order valence-corrected chi connectivity index (χ2v) is 8.35. The molecule has 0 radical (unpaired) electrons. The molecule has 1 fully saturated rings. The minimum absolute atomic E-state index is 0.0859. The lowest BCUT2D eigenvalue weighted by atomic mass is 9.93. The van der Waals surface area contributed by atoms with Gasteiger partial charge in [-0.3, -0.25) is 4.79 Å². The summed E-state index contributed by atoms with van der Waals surface area (Å²) in [5.41, 5.74) is 2.56. The molecule has 0 saturated carbocycles. The molecule has 2 aliphatic heterocycles. The molecule has 30 heavy (non-hydrogen) atoms. The van der Waals surface area contributed by atoms with E-state index in [1.165, 1.54) is 5.56 Å². The van der Waals surface area contributed by atoms with Gasteiger partial charge < -0.3 is 15.0 Å². The minimum Gasteiger partial charge on any atom is -0.493 e. The van der Waals surface area contributed by atoms with Crippen LogP contribution in [-0.4, -0.2) is 58.7 Å². The second kappa shape index (κ2) is 8.07. The Morgan fingerprint density at radius 2 is 2.00 bits per heavy atom. The van der Waals surface area contributed by atoms with E-state index in [-0.39, 0.29) is 11.8 Å². The summed E-state index contributed by atoms with van der Waals surface area (Å²) in [5, 5.41) is 7.76. The molecule has 1 atom stereocenters. The van der Waals surface area contributed by atoms with Crippen LogP contribution in [0.2, 0.25) is 0 Å².